The zero-order chi connectivity index (χ0) is 21.6. The van der Waals surface area contributed by atoms with E-state index in [0.717, 1.165) is 15.6 Å². The summed E-state index contributed by atoms with van der Waals surface area (Å²) in [5.41, 5.74) is 1.37. The van der Waals surface area contributed by atoms with Crippen LogP contribution in [0.4, 0.5) is 13.2 Å². The van der Waals surface area contributed by atoms with Gasteiger partial charge in [-0.25, -0.2) is 14.3 Å². The summed E-state index contributed by atoms with van der Waals surface area (Å²) in [6.07, 6.45) is -3.11. The number of para-hydroxylation sites is 2. The predicted octanol–water partition coefficient (Wildman–Crippen LogP) is 4.42. The number of pyridine rings is 1. The number of imidazole rings is 2. The molecule has 0 saturated carbocycles. The smallest absolute Gasteiger partial charge is 0.406 e. The number of hydrogen-bond acceptors (Lipinski definition) is 4. The van der Waals surface area contributed by atoms with Crippen LogP contribution in [0.2, 0.25) is 0 Å². The molecule has 156 valence electrons. The number of nitrogens with one attached hydrogen (secondary N) is 1. The van der Waals surface area contributed by atoms with E-state index in [-0.39, 0.29) is 11.2 Å². The van der Waals surface area contributed by atoms with E-state index in [2.05, 4.69) is 15.0 Å². The summed E-state index contributed by atoms with van der Waals surface area (Å²) in [5, 5.41) is 0. The summed E-state index contributed by atoms with van der Waals surface area (Å²) in [5.74, 6) is 0.447. The monoisotopic (exact) mass is 425 g/mol. The standard InChI is InChI=1S/C21H14F3N5O2/c22-21(23,24)12-28-17-6-3-11-25-18(17)29(20(28)30)13-7-9-14(10-8-13)31-19-26-15-4-1-2-5-16(15)27-19/h1-11H,12H2,(H,26,27). The summed E-state index contributed by atoms with van der Waals surface area (Å²) in [4.78, 5) is 24.3. The number of halogens is 3. The third-order valence-electron chi connectivity index (χ3n) is 4.71. The molecule has 1 N–H and O–H groups in total. The number of benzene rings is 2. The Morgan fingerprint density at radius 1 is 1.00 bits per heavy atom. The first-order valence-electron chi connectivity index (χ1n) is 9.25. The number of hydrogen-bond donors (Lipinski definition) is 1. The maximum atomic E-state index is 13.0. The molecule has 0 spiro atoms. The van der Waals surface area contributed by atoms with Gasteiger partial charge in [0.05, 0.1) is 22.2 Å². The molecule has 10 heteroatoms. The number of ether oxygens (including phenoxy) is 1. The minimum Gasteiger partial charge on any atom is -0.426 e. The number of nitrogens with zero attached hydrogens (tertiary/aromatic N) is 4. The topological polar surface area (TPSA) is 77.7 Å². The number of aromatic amines is 1. The van der Waals surface area contributed by atoms with Crippen LogP contribution in [0.25, 0.3) is 27.9 Å². The van der Waals surface area contributed by atoms with Crippen LogP contribution in [-0.4, -0.2) is 30.3 Å². The largest absolute Gasteiger partial charge is 0.426 e. The van der Waals surface area contributed by atoms with Crippen molar-refractivity contribution in [3.63, 3.8) is 0 Å². The molecule has 7 nitrogen and oxygen atoms in total. The van der Waals surface area contributed by atoms with E-state index in [0.29, 0.717) is 22.0 Å². The molecule has 5 rings (SSSR count). The molecular formula is C21H14F3N5O2. The third-order valence-corrected chi connectivity index (χ3v) is 4.71. The predicted molar refractivity (Wildman–Crippen MR) is 108 cm³/mol. The van der Waals surface area contributed by atoms with Crippen molar-refractivity contribution in [1.82, 2.24) is 24.1 Å². The van der Waals surface area contributed by atoms with Crippen molar-refractivity contribution in [2.24, 2.45) is 0 Å². The van der Waals surface area contributed by atoms with Crippen LogP contribution in [0.1, 0.15) is 0 Å². The molecule has 0 aliphatic carbocycles. The molecular weight excluding hydrogens is 411 g/mol. The highest BCUT2D eigenvalue weighted by atomic mass is 19.4. The van der Waals surface area contributed by atoms with E-state index < -0.39 is 18.4 Å². The van der Waals surface area contributed by atoms with E-state index in [9.17, 15) is 18.0 Å². The van der Waals surface area contributed by atoms with Crippen LogP contribution < -0.4 is 10.4 Å². The highest BCUT2D eigenvalue weighted by Gasteiger charge is 2.31. The number of fused-ring (bicyclic) bond motifs is 2. The molecule has 3 heterocycles. The first-order valence-corrected chi connectivity index (χ1v) is 9.25. The quantitative estimate of drug-likeness (QED) is 0.463. The van der Waals surface area contributed by atoms with Crippen molar-refractivity contribution in [3.05, 3.63) is 77.3 Å². The Labute approximate surface area is 172 Å². The van der Waals surface area contributed by atoms with Gasteiger partial charge in [-0.15, -0.1) is 0 Å². The fraction of sp³-hybridized carbons (Fsp3) is 0.0952. The highest BCUT2D eigenvalue weighted by Crippen LogP contribution is 2.25. The van der Waals surface area contributed by atoms with Gasteiger partial charge in [0.2, 0.25) is 0 Å². The van der Waals surface area contributed by atoms with Gasteiger partial charge < -0.3 is 9.72 Å². The van der Waals surface area contributed by atoms with E-state index in [1.165, 1.54) is 18.3 Å². The molecule has 31 heavy (non-hydrogen) atoms. The molecule has 0 unspecified atom stereocenters. The van der Waals surface area contributed by atoms with Gasteiger partial charge in [-0.05, 0) is 48.5 Å². The number of H-pyrrole nitrogens is 1. The van der Waals surface area contributed by atoms with Crippen LogP contribution in [0.5, 0.6) is 11.8 Å². The summed E-state index contributed by atoms with van der Waals surface area (Å²) in [6, 6.07) is 17.0. The lowest BCUT2D eigenvalue weighted by Crippen LogP contribution is -2.29. The van der Waals surface area contributed by atoms with Crippen molar-refractivity contribution in [2.45, 2.75) is 12.7 Å². The molecule has 0 amide bonds. The average molecular weight is 425 g/mol. The first-order chi connectivity index (χ1) is 14.9. The number of alkyl halides is 3. The molecule has 5 aromatic rings. The van der Waals surface area contributed by atoms with Gasteiger partial charge in [-0.1, -0.05) is 12.1 Å². The molecule has 0 aliphatic rings. The normalized spacial score (nSPS) is 12.0. The number of aromatic nitrogens is 5. The third kappa shape index (κ3) is 3.52. The zero-order valence-electron chi connectivity index (χ0n) is 15.8. The lowest BCUT2D eigenvalue weighted by atomic mass is 10.3. The van der Waals surface area contributed by atoms with Gasteiger partial charge in [0.25, 0.3) is 6.01 Å². The SMILES string of the molecule is O=c1n(CC(F)(F)F)c2cccnc2n1-c1ccc(Oc2nc3ccccc3[nH]2)cc1. The molecule has 2 aromatic carbocycles. The Morgan fingerprint density at radius 2 is 1.77 bits per heavy atom. The Balaban J connectivity index is 1.51. The van der Waals surface area contributed by atoms with Crippen molar-refractivity contribution in [2.75, 3.05) is 0 Å². The lowest BCUT2D eigenvalue weighted by Gasteiger charge is -2.07. The van der Waals surface area contributed by atoms with Crippen molar-refractivity contribution in [1.29, 1.82) is 0 Å². The van der Waals surface area contributed by atoms with E-state index in [4.69, 9.17) is 4.74 Å². The van der Waals surface area contributed by atoms with Gasteiger partial charge in [-0.3, -0.25) is 4.57 Å². The Bertz CT molecular complexity index is 1420. The van der Waals surface area contributed by atoms with E-state index >= 15 is 0 Å². The van der Waals surface area contributed by atoms with Gasteiger partial charge in [0.1, 0.15) is 12.3 Å². The fourth-order valence-electron chi connectivity index (χ4n) is 3.40. The molecule has 0 bridgehead atoms. The summed E-state index contributed by atoms with van der Waals surface area (Å²) >= 11 is 0. The Hall–Kier alpha value is -4.08. The lowest BCUT2D eigenvalue weighted by molar-refractivity contribution is -0.140. The van der Waals surface area contributed by atoms with Crippen molar-refractivity contribution in [3.8, 4) is 17.4 Å². The molecule has 0 aliphatic heterocycles. The zero-order valence-corrected chi connectivity index (χ0v) is 15.8. The van der Waals surface area contributed by atoms with Gasteiger partial charge >= 0.3 is 11.9 Å². The average Bonchev–Trinajstić information content (AvgIpc) is 3.26. The van der Waals surface area contributed by atoms with Crippen molar-refractivity contribution >= 4 is 22.2 Å². The summed E-state index contributed by atoms with van der Waals surface area (Å²) in [7, 11) is 0. The second kappa shape index (κ2) is 7.01. The highest BCUT2D eigenvalue weighted by molar-refractivity contribution is 5.75. The Morgan fingerprint density at radius 3 is 2.52 bits per heavy atom. The van der Waals surface area contributed by atoms with E-state index in [1.807, 2.05) is 24.3 Å². The van der Waals surface area contributed by atoms with E-state index in [1.54, 1.807) is 24.3 Å². The molecule has 0 saturated heterocycles. The molecule has 0 atom stereocenters. The fourth-order valence-corrected chi connectivity index (χ4v) is 3.40. The Kier molecular flexibility index (Phi) is 4.28. The summed E-state index contributed by atoms with van der Waals surface area (Å²) in [6.45, 7) is -1.39. The summed E-state index contributed by atoms with van der Waals surface area (Å²) < 4.78 is 46.5. The van der Waals surface area contributed by atoms with Gasteiger partial charge in [-0.2, -0.15) is 18.2 Å². The maximum absolute atomic E-state index is 13.0. The minimum absolute atomic E-state index is 0.104. The second-order valence-electron chi connectivity index (χ2n) is 6.82. The minimum atomic E-state index is -4.54. The van der Waals surface area contributed by atoms with Crippen molar-refractivity contribution < 1.29 is 17.9 Å². The number of rotatable bonds is 4. The van der Waals surface area contributed by atoms with Crippen LogP contribution in [0.3, 0.4) is 0 Å². The van der Waals surface area contributed by atoms with Gasteiger partial charge in [0, 0.05) is 6.20 Å². The van der Waals surface area contributed by atoms with Crippen LogP contribution in [0, 0.1) is 0 Å². The second-order valence-corrected chi connectivity index (χ2v) is 6.82. The van der Waals surface area contributed by atoms with Crippen LogP contribution >= 0.6 is 0 Å². The molecule has 0 fully saturated rings. The maximum Gasteiger partial charge on any atom is 0.406 e. The van der Waals surface area contributed by atoms with Gasteiger partial charge in [0.15, 0.2) is 5.65 Å². The van der Waals surface area contributed by atoms with Crippen LogP contribution in [0.15, 0.2) is 71.7 Å². The molecule has 3 aromatic heterocycles. The molecule has 0 radical (unpaired) electrons. The first kappa shape index (κ1) is 18.9. The van der Waals surface area contributed by atoms with Crippen LogP contribution in [-0.2, 0) is 6.54 Å².